The van der Waals surface area contributed by atoms with Crippen LogP contribution in [0, 0.1) is 0 Å². The van der Waals surface area contributed by atoms with Gasteiger partial charge in [0.1, 0.15) is 5.69 Å². The number of amides is 1. The highest BCUT2D eigenvalue weighted by molar-refractivity contribution is 5.97. The average Bonchev–Trinajstić information content (AvgIpc) is 3.43. The van der Waals surface area contributed by atoms with Crippen LogP contribution >= 0.6 is 0 Å². The molecule has 0 spiro atoms. The van der Waals surface area contributed by atoms with E-state index < -0.39 is 0 Å². The fraction of sp³-hybridized carbons (Fsp3) is 0.304. The van der Waals surface area contributed by atoms with E-state index in [1.165, 1.54) is 15.3 Å². The van der Waals surface area contributed by atoms with Crippen molar-refractivity contribution in [3.63, 3.8) is 0 Å². The molecule has 0 aliphatic carbocycles. The lowest BCUT2D eigenvalue weighted by molar-refractivity contribution is 0.0670. The molecular formula is C23H23N5O4. The minimum atomic E-state index is -0.222. The van der Waals surface area contributed by atoms with E-state index in [2.05, 4.69) is 5.10 Å². The number of aryl methyl sites for hydroxylation is 2. The summed E-state index contributed by atoms with van der Waals surface area (Å²) in [5, 5.41) is 4.50. The van der Waals surface area contributed by atoms with Crippen molar-refractivity contribution in [1.29, 1.82) is 0 Å². The van der Waals surface area contributed by atoms with E-state index in [0.29, 0.717) is 35.6 Å². The molecule has 1 atom stereocenters. The van der Waals surface area contributed by atoms with Crippen molar-refractivity contribution in [2.75, 3.05) is 13.1 Å². The van der Waals surface area contributed by atoms with Crippen LogP contribution in [-0.2, 0) is 14.1 Å². The molecule has 4 heterocycles. The predicted molar refractivity (Wildman–Crippen MR) is 119 cm³/mol. The van der Waals surface area contributed by atoms with E-state index in [0.717, 1.165) is 18.4 Å². The highest BCUT2D eigenvalue weighted by atomic mass is 16.3. The molecule has 9 heteroatoms. The number of aromatic nitrogens is 4. The molecule has 164 valence electrons. The molecule has 3 aromatic heterocycles. The molecule has 1 aromatic carbocycles. The summed E-state index contributed by atoms with van der Waals surface area (Å²) in [5.41, 5.74) is 2.24. The lowest BCUT2D eigenvalue weighted by atomic mass is 10.0. The van der Waals surface area contributed by atoms with Crippen LogP contribution in [0.2, 0.25) is 0 Å². The molecule has 0 radical (unpaired) electrons. The Kier molecular flexibility index (Phi) is 4.80. The fourth-order valence-electron chi connectivity index (χ4n) is 4.40. The number of likely N-dealkylation sites (tertiary alicyclic amines) is 1. The number of hydrogen-bond donors (Lipinski definition) is 0. The number of nitrogens with zero attached hydrogens (tertiary/aromatic N) is 5. The molecule has 1 amide bonds. The van der Waals surface area contributed by atoms with Crippen molar-refractivity contribution in [2.45, 2.75) is 18.9 Å². The maximum atomic E-state index is 13.3. The molecule has 4 aromatic rings. The number of imidazole rings is 1. The van der Waals surface area contributed by atoms with Gasteiger partial charge in [-0.2, -0.15) is 5.10 Å². The summed E-state index contributed by atoms with van der Waals surface area (Å²) in [7, 11) is 3.41. The Morgan fingerprint density at radius 1 is 1.06 bits per heavy atom. The molecule has 0 N–H and O–H groups in total. The van der Waals surface area contributed by atoms with Gasteiger partial charge < -0.3 is 9.32 Å². The third-order valence-electron chi connectivity index (χ3n) is 6.15. The molecular weight excluding hydrogens is 410 g/mol. The summed E-state index contributed by atoms with van der Waals surface area (Å²) in [6.45, 7) is 0.993. The van der Waals surface area contributed by atoms with Gasteiger partial charge in [0, 0.05) is 38.8 Å². The van der Waals surface area contributed by atoms with Gasteiger partial charge in [-0.15, -0.1) is 0 Å². The van der Waals surface area contributed by atoms with E-state index in [-0.39, 0.29) is 23.2 Å². The van der Waals surface area contributed by atoms with Crippen molar-refractivity contribution < 1.29 is 9.21 Å². The number of carbonyl (C=O) groups excluding carboxylic acids is 1. The van der Waals surface area contributed by atoms with Crippen LogP contribution < -0.4 is 11.2 Å². The summed E-state index contributed by atoms with van der Waals surface area (Å²) >= 11 is 0. The SMILES string of the molecule is Cn1c(=O)n(C)c2cc(C(=O)N3CCC[C@H](n4nc(-c5ccco5)ccc4=O)C3)ccc21. The predicted octanol–water partition coefficient (Wildman–Crippen LogP) is 2.17. The highest BCUT2D eigenvalue weighted by Gasteiger charge is 2.27. The Morgan fingerprint density at radius 3 is 2.66 bits per heavy atom. The molecule has 1 saturated heterocycles. The number of benzene rings is 1. The minimum absolute atomic E-state index is 0.122. The van der Waals surface area contributed by atoms with Crippen molar-refractivity contribution in [1.82, 2.24) is 23.8 Å². The highest BCUT2D eigenvalue weighted by Crippen LogP contribution is 2.24. The van der Waals surface area contributed by atoms with Gasteiger partial charge in [0.25, 0.3) is 11.5 Å². The Hall–Kier alpha value is -3.88. The molecule has 0 saturated carbocycles. The first kappa shape index (κ1) is 20.0. The van der Waals surface area contributed by atoms with Crippen LogP contribution in [0.25, 0.3) is 22.5 Å². The smallest absolute Gasteiger partial charge is 0.328 e. The van der Waals surface area contributed by atoms with Crippen LogP contribution in [0.3, 0.4) is 0 Å². The van der Waals surface area contributed by atoms with E-state index in [9.17, 15) is 14.4 Å². The fourth-order valence-corrected chi connectivity index (χ4v) is 4.40. The first-order valence-corrected chi connectivity index (χ1v) is 10.5. The third-order valence-corrected chi connectivity index (χ3v) is 6.15. The number of carbonyl (C=O) groups is 1. The maximum absolute atomic E-state index is 13.3. The zero-order valence-electron chi connectivity index (χ0n) is 17.9. The molecule has 0 unspecified atom stereocenters. The second-order valence-corrected chi connectivity index (χ2v) is 8.13. The van der Waals surface area contributed by atoms with Crippen molar-refractivity contribution in [3.05, 3.63) is 75.1 Å². The Bertz CT molecular complexity index is 1430. The normalized spacial score (nSPS) is 16.6. The van der Waals surface area contributed by atoms with Gasteiger partial charge >= 0.3 is 5.69 Å². The molecule has 5 rings (SSSR count). The second-order valence-electron chi connectivity index (χ2n) is 8.13. The van der Waals surface area contributed by atoms with E-state index in [4.69, 9.17) is 4.42 Å². The van der Waals surface area contributed by atoms with E-state index in [1.807, 2.05) is 0 Å². The first-order valence-electron chi connectivity index (χ1n) is 10.5. The number of hydrogen-bond acceptors (Lipinski definition) is 5. The molecule has 32 heavy (non-hydrogen) atoms. The van der Waals surface area contributed by atoms with Crippen molar-refractivity contribution in [3.8, 4) is 11.5 Å². The van der Waals surface area contributed by atoms with E-state index >= 15 is 0 Å². The third kappa shape index (κ3) is 3.26. The summed E-state index contributed by atoms with van der Waals surface area (Å²) in [5.74, 6) is 0.465. The number of rotatable bonds is 3. The zero-order valence-corrected chi connectivity index (χ0v) is 17.9. The van der Waals surface area contributed by atoms with Gasteiger partial charge in [0.15, 0.2) is 5.76 Å². The van der Waals surface area contributed by atoms with Gasteiger partial charge in [-0.1, -0.05) is 0 Å². The molecule has 0 bridgehead atoms. The number of piperidine rings is 1. The van der Waals surface area contributed by atoms with Crippen LogP contribution in [0.4, 0.5) is 0 Å². The summed E-state index contributed by atoms with van der Waals surface area (Å²) in [6.07, 6.45) is 3.08. The number of fused-ring (bicyclic) bond motifs is 1. The molecule has 1 aliphatic heterocycles. The van der Waals surface area contributed by atoms with Crippen LogP contribution in [0.15, 0.2) is 62.7 Å². The summed E-state index contributed by atoms with van der Waals surface area (Å²) in [6, 6.07) is 11.8. The van der Waals surface area contributed by atoms with Gasteiger partial charge in [-0.05, 0) is 49.2 Å². The van der Waals surface area contributed by atoms with Gasteiger partial charge in [0.2, 0.25) is 0 Å². The van der Waals surface area contributed by atoms with Gasteiger partial charge in [0.05, 0.1) is 23.3 Å². The first-order chi connectivity index (χ1) is 15.4. The van der Waals surface area contributed by atoms with Gasteiger partial charge in [-0.25, -0.2) is 9.48 Å². The summed E-state index contributed by atoms with van der Waals surface area (Å²) < 4.78 is 9.96. The standard InChI is InChI=1S/C23H23N5O4/c1-25-18-9-7-15(13-19(18)26(2)23(25)31)22(30)27-11-3-5-16(14-27)28-21(29)10-8-17(24-28)20-6-4-12-32-20/h4,6-10,12-13,16H,3,5,11,14H2,1-2H3/t16-/m0/s1. The maximum Gasteiger partial charge on any atom is 0.328 e. The Morgan fingerprint density at radius 2 is 1.88 bits per heavy atom. The minimum Gasteiger partial charge on any atom is -0.463 e. The lowest BCUT2D eigenvalue weighted by Gasteiger charge is -2.33. The largest absolute Gasteiger partial charge is 0.463 e. The van der Waals surface area contributed by atoms with Crippen molar-refractivity contribution in [2.24, 2.45) is 14.1 Å². The van der Waals surface area contributed by atoms with E-state index in [1.54, 1.807) is 66.2 Å². The Balaban J connectivity index is 1.43. The Labute approximate surface area is 183 Å². The van der Waals surface area contributed by atoms with Crippen molar-refractivity contribution >= 4 is 16.9 Å². The summed E-state index contributed by atoms with van der Waals surface area (Å²) in [4.78, 5) is 39.8. The van der Waals surface area contributed by atoms with Crippen LogP contribution in [0.1, 0.15) is 29.2 Å². The average molecular weight is 433 g/mol. The van der Waals surface area contributed by atoms with Gasteiger partial charge in [-0.3, -0.25) is 18.7 Å². The topological polar surface area (TPSA) is 95.3 Å². The monoisotopic (exact) mass is 433 g/mol. The second kappa shape index (κ2) is 7.67. The number of furan rings is 1. The molecule has 9 nitrogen and oxygen atoms in total. The lowest BCUT2D eigenvalue weighted by Crippen LogP contribution is -2.43. The molecule has 1 fully saturated rings. The van der Waals surface area contributed by atoms with Crippen LogP contribution in [0.5, 0.6) is 0 Å². The zero-order chi connectivity index (χ0) is 22.4. The molecule has 1 aliphatic rings. The quantitative estimate of drug-likeness (QED) is 0.494. The van der Waals surface area contributed by atoms with Crippen LogP contribution in [-0.4, -0.2) is 42.8 Å².